The van der Waals surface area contributed by atoms with Gasteiger partial charge in [-0.1, -0.05) is 96.1 Å². The van der Waals surface area contributed by atoms with Crippen molar-refractivity contribution in [3.8, 4) is 0 Å². The number of allylic oxidation sites excluding steroid dienone is 1. The molecule has 158 valence electrons. The van der Waals surface area contributed by atoms with Crippen molar-refractivity contribution in [1.29, 1.82) is 0 Å². The van der Waals surface area contributed by atoms with E-state index < -0.39 is 16.5 Å². The third-order valence-corrected chi connectivity index (χ3v) is 5.25. The fourth-order valence-electron chi connectivity index (χ4n) is 2.54. The van der Waals surface area contributed by atoms with Gasteiger partial charge >= 0.3 is 103 Å². The minimum absolute atomic E-state index is 0. The van der Waals surface area contributed by atoms with E-state index in [4.69, 9.17) is 5.11 Å². The van der Waals surface area contributed by atoms with Gasteiger partial charge in [-0.15, -0.1) is 0 Å². The van der Waals surface area contributed by atoms with Crippen molar-refractivity contribution in [2.75, 3.05) is 6.61 Å². The summed E-state index contributed by atoms with van der Waals surface area (Å²) in [5, 5.41) is 8.58. The Morgan fingerprint density at radius 2 is 1.07 bits per heavy atom. The summed E-state index contributed by atoms with van der Waals surface area (Å²) in [5.74, 6) is 0. The third-order valence-electron chi connectivity index (χ3n) is 3.91. The molecular formula is C18H38K2O6P2. The Hall–Kier alpha value is 3.31. The second kappa shape index (κ2) is 34.9. The smallest absolute Gasteiger partial charge is 0.781 e. The Kier molecular flexibility index (Phi) is 48.1. The first-order valence-electron chi connectivity index (χ1n) is 9.90. The van der Waals surface area contributed by atoms with Crippen LogP contribution in [0.2, 0.25) is 0 Å². The van der Waals surface area contributed by atoms with E-state index in [1.54, 1.807) is 0 Å². The third kappa shape index (κ3) is 43.2. The van der Waals surface area contributed by atoms with Crippen LogP contribution < -0.4 is 113 Å². The molecule has 10 heteroatoms. The molecule has 2 unspecified atom stereocenters. The van der Waals surface area contributed by atoms with Crippen molar-refractivity contribution >= 4 is 16.5 Å². The molecule has 0 rings (SSSR count). The van der Waals surface area contributed by atoms with Crippen molar-refractivity contribution in [1.82, 2.24) is 0 Å². The Morgan fingerprint density at radius 3 is 1.36 bits per heavy atom. The van der Waals surface area contributed by atoms with Gasteiger partial charge in [-0.25, -0.2) is 0 Å². The SMILES string of the molecule is CCCCCCCCCCCCCCCC=CCO.O=[PH]([O-])O[PH](=O)[O-].[K+].[K+]. The molecule has 0 aromatic carbocycles. The molecular weight excluding hydrogens is 452 g/mol. The summed E-state index contributed by atoms with van der Waals surface area (Å²) in [7, 11) is -7.03. The van der Waals surface area contributed by atoms with Crippen molar-refractivity contribution < 1.29 is 131 Å². The maximum absolute atomic E-state index is 9.29. The molecule has 0 aromatic rings. The van der Waals surface area contributed by atoms with Gasteiger partial charge in [0.2, 0.25) is 0 Å². The minimum Gasteiger partial charge on any atom is -0.781 e. The van der Waals surface area contributed by atoms with Gasteiger partial charge in [0.1, 0.15) is 16.5 Å². The summed E-state index contributed by atoms with van der Waals surface area (Å²) < 4.78 is 21.8. The number of unbranched alkanes of at least 4 members (excludes halogenated alkanes) is 13. The molecule has 0 aliphatic heterocycles. The Labute approximate surface area is 258 Å². The topological polar surface area (TPSA) is 110 Å². The Morgan fingerprint density at radius 1 is 0.714 bits per heavy atom. The molecule has 28 heavy (non-hydrogen) atoms. The summed E-state index contributed by atoms with van der Waals surface area (Å²) in [6.07, 6.45) is 23.4. The summed E-state index contributed by atoms with van der Waals surface area (Å²) in [4.78, 5) is 18.6. The van der Waals surface area contributed by atoms with Crippen molar-refractivity contribution in [3.63, 3.8) is 0 Å². The minimum atomic E-state index is -3.51. The van der Waals surface area contributed by atoms with E-state index in [0.717, 1.165) is 6.42 Å². The molecule has 0 saturated carbocycles. The van der Waals surface area contributed by atoms with Gasteiger partial charge in [0, 0.05) is 0 Å². The van der Waals surface area contributed by atoms with E-state index in [1.165, 1.54) is 83.5 Å². The van der Waals surface area contributed by atoms with Crippen molar-refractivity contribution in [3.05, 3.63) is 12.2 Å². The van der Waals surface area contributed by atoms with Gasteiger partial charge in [-0.05, 0) is 12.8 Å². The standard InChI is InChI=1S/C18H36O.2K.H4O5P2/c1-2-3-4-5-6-7-8-9-10-11-12-13-14-15-16-17-18-19;;;1-6(2)5-7(3)4/h16-17,19H,2-15,18H2,1H3;;;6-7H,(H,1,2)(H,3,4)/q;2*+1;/p-2. The normalized spacial score (nSPS) is 12.4. The molecule has 0 fully saturated rings. The molecule has 0 aliphatic carbocycles. The molecule has 6 nitrogen and oxygen atoms in total. The van der Waals surface area contributed by atoms with Gasteiger partial charge in [0.05, 0.1) is 6.61 Å². The van der Waals surface area contributed by atoms with Crippen LogP contribution >= 0.6 is 16.5 Å². The number of aliphatic hydroxyl groups excluding tert-OH is 1. The number of rotatable bonds is 17. The Balaban J connectivity index is -0.000000274. The average Bonchev–Trinajstić information content (AvgIpc) is 2.58. The molecule has 0 bridgehead atoms. The van der Waals surface area contributed by atoms with Crippen LogP contribution in [-0.4, -0.2) is 11.7 Å². The molecule has 0 spiro atoms. The van der Waals surface area contributed by atoms with Gasteiger partial charge in [-0.3, -0.25) is 4.31 Å². The summed E-state index contributed by atoms with van der Waals surface area (Å²) in [5.41, 5.74) is 0. The van der Waals surface area contributed by atoms with Crippen LogP contribution in [0.15, 0.2) is 12.2 Å². The summed E-state index contributed by atoms with van der Waals surface area (Å²) >= 11 is 0. The van der Waals surface area contributed by atoms with E-state index in [2.05, 4.69) is 17.3 Å². The van der Waals surface area contributed by atoms with Crippen LogP contribution in [0, 0.1) is 0 Å². The monoisotopic (exact) mass is 490 g/mol. The molecule has 0 saturated heterocycles. The molecule has 0 radical (unpaired) electrons. The molecule has 2 atom stereocenters. The Bertz CT molecular complexity index is 349. The predicted molar refractivity (Wildman–Crippen MR) is 106 cm³/mol. The largest absolute Gasteiger partial charge is 1.00 e. The first-order valence-corrected chi connectivity index (χ1v) is 12.3. The van der Waals surface area contributed by atoms with Crippen LogP contribution in [0.5, 0.6) is 0 Å². The summed E-state index contributed by atoms with van der Waals surface area (Å²) in [6, 6.07) is 0. The first kappa shape index (κ1) is 38.6. The van der Waals surface area contributed by atoms with Crippen molar-refractivity contribution in [2.45, 2.75) is 96.8 Å². The first-order chi connectivity index (χ1) is 12.5. The van der Waals surface area contributed by atoms with Crippen LogP contribution in [0.25, 0.3) is 0 Å². The fraction of sp³-hybridized carbons (Fsp3) is 0.889. The van der Waals surface area contributed by atoms with Gasteiger partial charge in [0.25, 0.3) is 0 Å². The zero-order valence-electron chi connectivity index (χ0n) is 18.2. The second-order valence-electron chi connectivity index (χ2n) is 6.29. The van der Waals surface area contributed by atoms with Crippen LogP contribution in [0.1, 0.15) is 96.8 Å². The maximum atomic E-state index is 9.29. The number of hydrogen-bond acceptors (Lipinski definition) is 6. The van der Waals surface area contributed by atoms with Crippen molar-refractivity contribution in [2.24, 2.45) is 0 Å². The van der Waals surface area contributed by atoms with Gasteiger partial charge < -0.3 is 24.0 Å². The molecule has 0 heterocycles. The quantitative estimate of drug-likeness (QED) is 0.115. The molecule has 0 aliphatic rings. The summed E-state index contributed by atoms with van der Waals surface area (Å²) in [6.45, 7) is 2.47. The van der Waals surface area contributed by atoms with Crippen LogP contribution in [0.4, 0.5) is 0 Å². The second-order valence-corrected chi connectivity index (χ2v) is 8.10. The van der Waals surface area contributed by atoms with E-state index in [1.807, 2.05) is 6.08 Å². The fourth-order valence-corrected chi connectivity index (χ4v) is 3.08. The van der Waals surface area contributed by atoms with E-state index >= 15 is 0 Å². The van der Waals surface area contributed by atoms with E-state index in [0.29, 0.717) is 0 Å². The zero-order chi connectivity index (χ0) is 19.9. The van der Waals surface area contributed by atoms with E-state index in [9.17, 15) is 18.9 Å². The number of aliphatic hydroxyl groups is 1. The van der Waals surface area contributed by atoms with Crippen LogP contribution in [0.3, 0.4) is 0 Å². The zero-order valence-corrected chi connectivity index (χ0v) is 26.5. The molecule has 0 amide bonds. The maximum Gasteiger partial charge on any atom is 1.00 e. The molecule has 0 aromatic heterocycles. The average molecular weight is 491 g/mol. The van der Waals surface area contributed by atoms with Gasteiger partial charge in [-0.2, -0.15) is 0 Å². The number of hydrogen-bond donors (Lipinski definition) is 1. The van der Waals surface area contributed by atoms with Crippen LogP contribution in [-0.2, 0) is 13.4 Å². The van der Waals surface area contributed by atoms with E-state index in [-0.39, 0.29) is 109 Å². The molecule has 1 N–H and O–H groups in total. The predicted octanol–water partition coefficient (Wildman–Crippen LogP) is -1.47. The van der Waals surface area contributed by atoms with Gasteiger partial charge in [0.15, 0.2) is 0 Å².